The fraction of sp³-hybridized carbons (Fsp3) is 0. The Bertz CT molecular complexity index is 2030. The van der Waals surface area contributed by atoms with Crippen molar-refractivity contribution in [3.8, 4) is 45.6 Å². The van der Waals surface area contributed by atoms with Crippen LogP contribution in [0.4, 0.5) is 0 Å². The summed E-state index contributed by atoms with van der Waals surface area (Å²) in [5.74, 6) is 2.21. The van der Waals surface area contributed by atoms with E-state index in [9.17, 15) is 0 Å². The first kappa shape index (κ1) is 23.3. The van der Waals surface area contributed by atoms with Crippen LogP contribution in [0.25, 0.3) is 89.7 Å². The van der Waals surface area contributed by atoms with Crippen LogP contribution >= 0.6 is 0 Å². The Hall–Kier alpha value is -5.59. The number of hydrogen-bond acceptors (Lipinski definition) is 6. The van der Waals surface area contributed by atoms with Crippen LogP contribution in [0.15, 0.2) is 97.1 Å². The fourth-order valence-electron chi connectivity index (χ4n) is 5.46. The van der Waals surface area contributed by atoms with E-state index in [0.29, 0.717) is 45.9 Å². The SMILES string of the molecule is [Be+2].c1ccc2c(c1)-c1nc-2nc2[n-]c(nc3nc(nc4[n-]c(n1)c1ccccc41)-c1ccccc1-3)c1ccccc21. The molecule has 8 bridgehead atoms. The summed E-state index contributed by atoms with van der Waals surface area (Å²) < 4.78 is 0. The third-order valence-electron chi connectivity index (χ3n) is 7.33. The Kier molecular flexibility index (Phi) is 4.95. The largest absolute Gasteiger partial charge is 2.00 e. The van der Waals surface area contributed by atoms with Crippen LogP contribution in [0.3, 0.4) is 0 Å². The number of fused-ring (bicyclic) bond motifs is 20. The maximum atomic E-state index is 4.95. The number of aromatic nitrogens is 8. The number of hydrogen-bond donors (Lipinski definition) is 0. The number of nitrogens with zero attached hydrogens (tertiary/aromatic N) is 8. The van der Waals surface area contributed by atoms with Crippen molar-refractivity contribution in [1.29, 1.82) is 0 Å². The zero-order valence-corrected chi connectivity index (χ0v) is 21.5. The summed E-state index contributed by atoms with van der Waals surface area (Å²) in [6.45, 7) is 0. The van der Waals surface area contributed by atoms with E-state index >= 15 is 0 Å². The zero-order chi connectivity index (χ0) is 26.2. The molecule has 0 spiro atoms. The van der Waals surface area contributed by atoms with Gasteiger partial charge in [-0.15, -0.1) is 0 Å². The predicted molar refractivity (Wildman–Crippen MR) is 160 cm³/mol. The van der Waals surface area contributed by atoms with Crippen molar-refractivity contribution in [2.75, 3.05) is 0 Å². The van der Waals surface area contributed by atoms with Gasteiger partial charge in [-0.05, 0) is 21.5 Å². The average molecular weight is 522 g/mol. The van der Waals surface area contributed by atoms with Crippen LogP contribution in [0.1, 0.15) is 0 Å². The molecular weight excluding hydrogens is 505 g/mol. The first-order valence-corrected chi connectivity index (χ1v) is 12.9. The van der Waals surface area contributed by atoms with Crippen molar-refractivity contribution in [3.05, 3.63) is 97.1 Å². The molecule has 4 aromatic carbocycles. The monoisotopic (exact) mass is 521 g/mol. The summed E-state index contributed by atoms with van der Waals surface area (Å²) in [6, 6.07) is 31.8. The molecule has 0 saturated carbocycles. The molecule has 186 valence electrons. The van der Waals surface area contributed by atoms with Gasteiger partial charge in [0.1, 0.15) is 0 Å². The molecule has 0 atom stereocenters. The normalized spacial score (nSPS) is 11.7. The minimum atomic E-state index is 0. The summed E-state index contributed by atoms with van der Waals surface area (Å²) in [7, 11) is 0. The molecule has 0 aliphatic carbocycles. The van der Waals surface area contributed by atoms with Gasteiger partial charge in [0, 0.05) is 44.8 Å². The second-order valence-corrected chi connectivity index (χ2v) is 9.67. The van der Waals surface area contributed by atoms with Crippen molar-refractivity contribution < 1.29 is 0 Å². The molecule has 0 amide bonds. The molecule has 0 fully saturated rings. The quantitative estimate of drug-likeness (QED) is 0.232. The van der Waals surface area contributed by atoms with Gasteiger partial charge in [0.15, 0.2) is 0 Å². The van der Waals surface area contributed by atoms with E-state index in [4.69, 9.17) is 39.9 Å². The maximum Gasteiger partial charge on any atom is 2.00 e. The number of rotatable bonds is 0. The molecule has 0 N–H and O–H groups in total. The van der Waals surface area contributed by atoms with Crippen molar-refractivity contribution in [3.63, 3.8) is 0 Å². The second-order valence-electron chi connectivity index (χ2n) is 9.67. The summed E-state index contributed by atoms with van der Waals surface area (Å²) in [5, 5.41) is 3.57. The summed E-state index contributed by atoms with van der Waals surface area (Å²) in [6.07, 6.45) is 0. The van der Waals surface area contributed by atoms with E-state index in [0.717, 1.165) is 43.8 Å². The molecule has 2 aliphatic rings. The molecule has 0 radical (unpaired) electrons. The topological polar surface area (TPSA) is 106 Å². The Morgan fingerprint density at radius 1 is 0.317 bits per heavy atom. The van der Waals surface area contributed by atoms with Crippen LogP contribution in [0.2, 0.25) is 0 Å². The van der Waals surface area contributed by atoms with Crippen molar-refractivity contribution in [2.24, 2.45) is 0 Å². The third kappa shape index (κ3) is 3.45. The second kappa shape index (κ2) is 8.71. The van der Waals surface area contributed by atoms with Crippen LogP contribution in [-0.4, -0.2) is 40.0 Å². The maximum absolute atomic E-state index is 4.95. The van der Waals surface area contributed by atoms with Gasteiger partial charge in [0.2, 0.25) is 0 Å². The third-order valence-corrected chi connectivity index (χ3v) is 7.33. The molecule has 9 heteroatoms. The van der Waals surface area contributed by atoms with Crippen molar-refractivity contribution >= 4 is 54.3 Å². The van der Waals surface area contributed by atoms with Crippen LogP contribution in [0, 0.1) is 0 Å². The molecular formula is C32H16BeN8. The standard InChI is InChI=1S/C32H16N8.Be/c1-2-10-18-17(9-1)25-33-26(18)38-28-21-13-5-6-14-22(21)30(35-28)40-32-24-16-8-7-15-23(24)31(36-32)39-29-20-12-4-3-11-19(20)27(34-29)37-25;/h1-16H;/q-2;+2. The van der Waals surface area contributed by atoms with Gasteiger partial charge in [-0.2, -0.15) is 0 Å². The van der Waals surface area contributed by atoms with Crippen molar-refractivity contribution in [1.82, 2.24) is 39.9 Å². The van der Waals surface area contributed by atoms with Gasteiger partial charge in [-0.3, -0.25) is 0 Å². The van der Waals surface area contributed by atoms with Crippen LogP contribution < -0.4 is 9.97 Å². The molecule has 9 rings (SSSR count). The molecule has 0 unspecified atom stereocenters. The first-order chi connectivity index (χ1) is 19.8. The first-order valence-electron chi connectivity index (χ1n) is 12.9. The fourth-order valence-corrected chi connectivity index (χ4v) is 5.46. The molecule has 5 heterocycles. The van der Waals surface area contributed by atoms with E-state index in [1.54, 1.807) is 0 Å². The van der Waals surface area contributed by atoms with Gasteiger partial charge in [0.25, 0.3) is 0 Å². The van der Waals surface area contributed by atoms with Gasteiger partial charge < -0.3 is 29.9 Å². The van der Waals surface area contributed by atoms with Crippen LogP contribution in [-0.2, 0) is 0 Å². The average Bonchev–Trinajstić information content (AvgIpc) is 3.73. The summed E-state index contributed by atoms with van der Waals surface area (Å²) >= 11 is 0. The van der Waals surface area contributed by atoms with E-state index in [-0.39, 0.29) is 10.1 Å². The van der Waals surface area contributed by atoms with Crippen LogP contribution in [0.5, 0.6) is 0 Å². The minimum absolute atomic E-state index is 0. The molecule has 0 saturated heterocycles. The Labute approximate surface area is 236 Å². The van der Waals surface area contributed by atoms with E-state index in [1.807, 2.05) is 97.1 Å². The minimum Gasteiger partial charge on any atom is -0.357 e. The zero-order valence-electron chi connectivity index (χ0n) is 21.5. The van der Waals surface area contributed by atoms with Gasteiger partial charge >= 0.3 is 10.1 Å². The van der Waals surface area contributed by atoms with Gasteiger partial charge in [-0.1, -0.05) is 97.1 Å². The molecule has 7 aromatic rings. The Morgan fingerprint density at radius 3 is 0.829 bits per heavy atom. The van der Waals surface area contributed by atoms with E-state index in [2.05, 4.69) is 0 Å². The summed E-state index contributed by atoms with van der Waals surface area (Å²) in [5.41, 5.74) is 5.78. The van der Waals surface area contributed by atoms with E-state index in [1.165, 1.54) is 0 Å². The Balaban J connectivity index is 0.00000256. The van der Waals surface area contributed by atoms with Crippen molar-refractivity contribution in [2.45, 2.75) is 0 Å². The van der Waals surface area contributed by atoms with E-state index < -0.39 is 0 Å². The van der Waals surface area contributed by atoms with Gasteiger partial charge in [-0.25, -0.2) is 9.97 Å². The molecule has 3 aromatic heterocycles. The molecule has 2 aliphatic heterocycles. The predicted octanol–water partition coefficient (Wildman–Crippen LogP) is 5.75. The molecule has 8 nitrogen and oxygen atoms in total. The molecule has 41 heavy (non-hydrogen) atoms. The number of benzene rings is 4. The Morgan fingerprint density at radius 2 is 0.561 bits per heavy atom. The summed E-state index contributed by atoms with van der Waals surface area (Å²) in [4.78, 5) is 39.3. The smallest absolute Gasteiger partial charge is 0.357 e. The van der Waals surface area contributed by atoms with Gasteiger partial charge in [0.05, 0.1) is 23.3 Å².